The minimum absolute atomic E-state index is 0.146. The van der Waals surface area contributed by atoms with E-state index >= 15 is 0 Å². The number of nitrogens with zero attached hydrogens (tertiary/aromatic N) is 3. The average molecular weight is 412 g/mol. The van der Waals surface area contributed by atoms with Crippen LogP contribution in [-0.2, 0) is 5.60 Å². The predicted molar refractivity (Wildman–Crippen MR) is 115 cm³/mol. The molecule has 30 heavy (non-hydrogen) atoms. The molecule has 146 valence electrons. The summed E-state index contributed by atoms with van der Waals surface area (Å²) < 4.78 is 5.67. The van der Waals surface area contributed by atoms with Gasteiger partial charge in [-0.25, -0.2) is 9.97 Å². The number of aromatic amines is 1. The Labute approximate surface area is 175 Å². The fourth-order valence-corrected chi connectivity index (χ4v) is 4.75. The van der Waals surface area contributed by atoms with Crippen molar-refractivity contribution in [1.82, 2.24) is 19.9 Å². The summed E-state index contributed by atoms with van der Waals surface area (Å²) in [5, 5.41) is 15.3. The van der Waals surface area contributed by atoms with Gasteiger partial charge in [-0.15, -0.1) is 11.3 Å². The van der Waals surface area contributed by atoms with Crippen LogP contribution in [0.1, 0.15) is 11.3 Å². The zero-order valence-corrected chi connectivity index (χ0v) is 16.6. The second kappa shape index (κ2) is 6.48. The molecular weight excluding hydrogens is 396 g/mol. The van der Waals surface area contributed by atoms with E-state index in [9.17, 15) is 5.11 Å². The quantitative estimate of drug-likeness (QED) is 0.460. The molecule has 5 aromatic rings. The number of pyridine rings is 2. The summed E-state index contributed by atoms with van der Waals surface area (Å²) in [6, 6.07) is 15.4. The highest BCUT2D eigenvalue weighted by Crippen LogP contribution is 2.41. The summed E-state index contributed by atoms with van der Waals surface area (Å²) in [5.74, 6) is 0.620. The minimum Gasteiger partial charge on any atom is -0.488 e. The SMILES string of the molecule is O[C@@]1(c2cccc(-c3csc(-c4c[nH]c5ncccc45)n3)c2)COc2cccnc21. The predicted octanol–water partition coefficient (Wildman–Crippen LogP) is 4.38. The zero-order chi connectivity index (χ0) is 20.1. The third kappa shape index (κ3) is 2.56. The molecule has 2 N–H and O–H groups in total. The van der Waals surface area contributed by atoms with Gasteiger partial charge in [0.1, 0.15) is 28.7 Å². The molecule has 0 saturated heterocycles. The van der Waals surface area contributed by atoms with Gasteiger partial charge < -0.3 is 14.8 Å². The Morgan fingerprint density at radius 1 is 1.07 bits per heavy atom. The van der Waals surface area contributed by atoms with Crippen molar-refractivity contribution in [2.45, 2.75) is 5.60 Å². The monoisotopic (exact) mass is 412 g/mol. The van der Waals surface area contributed by atoms with Crippen LogP contribution in [0.25, 0.3) is 32.9 Å². The van der Waals surface area contributed by atoms with Crippen molar-refractivity contribution in [2.24, 2.45) is 0 Å². The van der Waals surface area contributed by atoms with Gasteiger partial charge in [-0.05, 0) is 35.9 Å². The lowest BCUT2D eigenvalue weighted by Gasteiger charge is -2.21. The van der Waals surface area contributed by atoms with Crippen molar-refractivity contribution in [3.05, 3.63) is 83.8 Å². The number of H-pyrrole nitrogens is 1. The van der Waals surface area contributed by atoms with E-state index in [1.54, 1.807) is 29.8 Å². The van der Waals surface area contributed by atoms with Crippen LogP contribution in [0, 0.1) is 0 Å². The maximum Gasteiger partial charge on any atom is 0.169 e. The largest absolute Gasteiger partial charge is 0.488 e. The Kier molecular flexibility index (Phi) is 3.74. The van der Waals surface area contributed by atoms with Gasteiger partial charge in [0.05, 0.1) is 5.69 Å². The molecular formula is C23H16N4O2S. The number of ether oxygens (including phenoxy) is 1. The van der Waals surface area contributed by atoms with Gasteiger partial charge in [0.2, 0.25) is 0 Å². The van der Waals surface area contributed by atoms with Crippen LogP contribution in [0.15, 0.2) is 72.5 Å². The molecule has 0 radical (unpaired) electrons. The van der Waals surface area contributed by atoms with Crippen LogP contribution in [0.5, 0.6) is 5.75 Å². The van der Waals surface area contributed by atoms with Crippen LogP contribution in [0.4, 0.5) is 0 Å². The van der Waals surface area contributed by atoms with E-state index in [2.05, 4.69) is 15.0 Å². The number of rotatable bonds is 3. The molecule has 7 heteroatoms. The van der Waals surface area contributed by atoms with Gasteiger partial charge >= 0.3 is 0 Å². The fourth-order valence-electron chi connectivity index (χ4n) is 3.89. The third-order valence-electron chi connectivity index (χ3n) is 5.42. The van der Waals surface area contributed by atoms with Crippen molar-refractivity contribution in [1.29, 1.82) is 0 Å². The molecule has 1 atom stereocenters. The lowest BCUT2D eigenvalue weighted by Crippen LogP contribution is -2.29. The van der Waals surface area contributed by atoms with Crippen molar-refractivity contribution in [3.8, 4) is 27.6 Å². The van der Waals surface area contributed by atoms with E-state index in [4.69, 9.17) is 9.72 Å². The zero-order valence-electron chi connectivity index (χ0n) is 15.7. The first-order valence-corrected chi connectivity index (χ1v) is 10.4. The molecule has 1 aliphatic heterocycles. The Hall–Kier alpha value is -3.55. The topological polar surface area (TPSA) is 83.9 Å². The highest BCUT2D eigenvalue weighted by atomic mass is 32.1. The smallest absolute Gasteiger partial charge is 0.169 e. The molecule has 0 unspecified atom stereocenters. The van der Waals surface area contributed by atoms with E-state index in [0.717, 1.165) is 38.4 Å². The number of aromatic nitrogens is 4. The molecule has 1 aliphatic rings. The van der Waals surface area contributed by atoms with E-state index < -0.39 is 5.60 Å². The lowest BCUT2D eigenvalue weighted by atomic mass is 9.90. The third-order valence-corrected chi connectivity index (χ3v) is 6.30. The van der Waals surface area contributed by atoms with Crippen molar-refractivity contribution in [2.75, 3.05) is 6.61 Å². The molecule has 6 rings (SSSR count). The van der Waals surface area contributed by atoms with Crippen LogP contribution >= 0.6 is 11.3 Å². The maximum atomic E-state index is 11.3. The highest BCUT2D eigenvalue weighted by Gasteiger charge is 2.42. The minimum atomic E-state index is -1.27. The molecule has 4 aromatic heterocycles. The van der Waals surface area contributed by atoms with E-state index in [0.29, 0.717) is 11.4 Å². The number of hydrogen-bond acceptors (Lipinski definition) is 6. The Morgan fingerprint density at radius 2 is 1.97 bits per heavy atom. The highest BCUT2D eigenvalue weighted by molar-refractivity contribution is 7.13. The summed E-state index contributed by atoms with van der Waals surface area (Å²) in [5.41, 5.74) is 3.70. The van der Waals surface area contributed by atoms with Gasteiger partial charge in [0.25, 0.3) is 0 Å². The van der Waals surface area contributed by atoms with Crippen molar-refractivity contribution < 1.29 is 9.84 Å². The number of thiazole rings is 1. The molecule has 0 amide bonds. The Bertz CT molecular complexity index is 1390. The summed E-state index contributed by atoms with van der Waals surface area (Å²) in [6.07, 6.45) is 5.38. The molecule has 0 fully saturated rings. The van der Waals surface area contributed by atoms with Crippen molar-refractivity contribution >= 4 is 22.4 Å². The maximum absolute atomic E-state index is 11.3. The van der Waals surface area contributed by atoms with E-state index in [-0.39, 0.29) is 6.61 Å². The average Bonchev–Trinajstić information content (AvgIpc) is 3.52. The summed E-state index contributed by atoms with van der Waals surface area (Å²) in [4.78, 5) is 16.8. The number of aliphatic hydroxyl groups is 1. The van der Waals surface area contributed by atoms with Crippen molar-refractivity contribution in [3.63, 3.8) is 0 Å². The fraction of sp³-hybridized carbons (Fsp3) is 0.0870. The molecule has 0 spiro atoms. The second-order valence-corrected chi connectivity index (χ2v) is 8.08. The molecule has 1 aromatic carbocycles. The number of hydrogen-bond donors (Lipinski definition) is 2. The van der Waals surface area contributed by atoms with E-state index in [1.165, 1.54) is 0 Å². The molecule has 5 heterocycles. The molecule has 0 bridgehead atoms. The first kappa shape index (κ1) is 17.3. The van der Waals surface area contributed by atoms with Crippen LogP contribution in [0.3, 0.4) is 0 Å². The van der Waals surface area contributed by atoms with Crippen LogP contribution < -0.4 is 4.74 Å². The molecule has 0 aliphatic carbocycles. The first-order valence-electron chi connectivity index (χ1n) is 9.52. The van der Waals surface area contributed by atoms with Gasteiger partial charge in [0, 0.05) is 40.5 Å². The summed E-state index contributed by atoms with van der Waals surface area (Å²) in [7, 11) is 0. The number of benzene rings is 1. The van der Waals surface area contributed by atoms with Gasteiger partial charge in [0.15, 0.2) is 5.60 Å². The van der Waals surface area contributed by atoms with Gasteiger partial charge in [-0.3, -0.25) is 4.98 Å². The lowest BCUT2D eigenvalue weighted by molar-refractivity contribution is 0.0532. The number of nitrogens with one attached hydrogen (secondary N) is 1. The van der Waals surface area contributed by atoms with Crippen LogP contribution in [-0.4, -0.2) is 31.6 Å². The molecule has 6 nitrogen and oxygen atoms in total. The summed E-state index contributed by atoms with van der Waals surface area (Å²) in [6.45, 7) is 0.146. The van der Waals surface area contributed by atoms with E-state index in [1.807, 2.05) is 54.0 Å². The Balaban J connectivity index is 1.40. The van der Waals surface area contributed by atoms with Crippen LogP contribution in [0.2, 0.25) is 0 Å². The Morgan fingerprint density at radius 3 is 2.93 bits per heavy atom. The second-order valence-electron chi connectivity index (χ2n) is 7.22. The summed E-state index contributed by atoms with van der Waals surface area (Å²) >= 11 is 1.58. The standard InChI is InChI=1S/C23H16N4O2S/c28-23(13-29-19-7-3-8-24-20(19)23)15-5-1-4-14(10-15)18-12-30-22(27-18)17-11-26-21-16(17)6-2-9-25-21/h1-12,28H,13H2,(H,25,26)/t23-/m1/s1. The molecule has 0 saturated carbocycles. The normalized spacial score (nSPS) is 17.8. The first-order chi connectivity index (χ1) is 14.7. The number of fused-ring (bicyclic) bond motifs is 2. The van der Waals surface area contributed by atoms with Gasteiger partial charge in [-0.2, -0.15) is 0 Å². The van der Waals surface area contributed by atoms with Gasteiger partial charge in [-0.1, -0.05) is 18.2 Å².